The fourth-order valence-electron chi connectivity index (χ4n) is 2.43. The van der Waals surface area contributed by atoms with Crippen molar-refractivity contribution >= 4 is 0 Å². The molecule has 2 rings (SSSR count). The highest BCUT2D eigenvalue weighted by Crippen LogP contribution is 2.30. The minimum atomic E-state index is 0.289. The third-order valence-corrected chi connectivity index (χ3v) is 3.57. The van der Waals surface area contributed by atoms with E-state index in [9.17, 15) is 0 Å². The molecule has 0 aromatic heterocycles. The number of rotatable bonds is 1. The molecule has 0 spiro atoms. The molecule has 1 fully saturated rings. The van der Waals surface area contributed by atoms with Gasteiger partial charge in [-0.25, -0.2) is 0 Å². The van der Waals surface area contributed by atoms with Gasteiger partial charge in [0.2, 0.25) is 0 Å². The van der Waals surface area contributed by atoms with Gasteiger partial charge in [-0.2, -0.15) is 0 Å². The van der Waals surface area contributed by atoms with Crippen molar-refractivity contribution in [1.82, 2.24) is 4.90 Å². The largest absolute Gasteiger partial charge is 0.326 e. The van der Waals surface area contributed by atoms with Gasteiger partial charge in [-0.05, 0) is 44.0 Å². The lowest BCUT2D eigenvalue weighted by Gasteiger charge is -2.23. The summed E-state index contributed by atoms with van der Waals surface area (Å²) in [6.45, 7) is 5.43. The highest BCUT2D eigenvalue weighted by molar-refractivity contribution is 5.32. The first-order chi connectivity index (χ1) is 7.09. The molecule has 1 saturated heterocycles. The molecule has 1 aliphatic heterocycles. The zero-order chi connectivity index (χ0) is 11.0. The third-order valence-electron chi connectivity index (χ3n) is 3.57. The molecule has 1 aromatic rings. The van der Waals surface area contributed by atoms with Gasteiger partial charge >= 0.3 is 0 Å². The van der Waals surface area contributed by atoms with Gasteiger partial charge in [-0.15, -0.1) is 0 Å². The van der Waals surface area contributed by atoms with Crippen LogP contribution in [0.4, 0.5) is 0 Å². The maximum atomic E-state index is 6.15. The smallest absolute Gasteiger partial charge is 0.0496 e. The molecule has 0 aliphatic carbocycles. The first-order valence-corrected chi connectivity index (χ1v) is 5.62. The Morgan fingerprint density at radius 3 is 2.53 bits per heavy atom. The van der Waals surface area contributed by atoms with Crippen molar-refractivity contribution in [3.8, 4) is 0 Å². The van der Waals surface area contributed by atoms with Crippen LogP contribution < -0.4 is 5.73 Å². The van der Waals surface area contributed by atoms with Gasteiger partial charge in [0.15, 0.2) is 0 Å². The van der Waals surface area contributed by atoms with Gasteiger partial charge < -0.3 is 5.73 Å². The highest BCUT2D eigenvalue weighted by atomic mass is 15.2. The molecular formula is C13H20N2. The van der Waals surface area contributed by atoms with Crippen LogP contribution >= 0.6 is 0 Å². The molecule has 2 N–H and O–H groups in total. The highest BCUT2D eigenvalue weighted by Gasteiger charge is 2.30. The molecule has 1 aromatic carbocycles. The summed E-state index contributed by atoms with van der Waals surface area (Å²) in [5.41, 5.74) is 10.2. The fourth-order valence-corrected chi connectivity index (χ4v) is 2.43. The normalized spacial score (nSPS) is 27.2. The molecule has 0 saturated carbocycles. The third kappa shape index (κ3) is 1.92. The molecule has 2 nitrogen and oxygen atoms in total. The molecule has 0 amide bonds. The first-order valence-electron chi connectivity index (χ1n) is 5.62. The van der Waals surface area contributed by atoms with Crippen molar-refractivity contribution in [2.75, 3.05) is 13.6 Å². The molecular weight excluding hydrogens is 184 g/mol. The lowest BCUT2D eigenvalue weighted by molar-refractivity contribution is 0.304. The predicted octanol–water partition coefficient (Wildman–Crippen LogP) is 2.01. The number of nitrogens with two attached hydrogens (primary N) is 1. The summed E-state index contributed by atoms with van der Waals surface area (Å²) in [6.07, 6.45) is 1.11. The number of benzene rings is 1. The quantitative estimate of drug-likeness (QED) is 0.758. The van der Waals surface area contributed by atoms with Crippen LogP contribution in [0.15, 0.2) is 18.2 Å². The Morgan fingerprint density at radius 1 is 1.27 bits per heavy atom. The van der Waals surface area contributed by atoms with Crippen molar-refractivity contribution in [2.45, 2.75) is 32.4 Å². The number of nitrogens with zero attached hydrogens (tertiary/aromatic N) is 1. The van der Waals surface area contributed by atoms with Crippen molar-refractivity contribution in [3.05, 3.63) is 34.9 Å². The van der Waals surface area contributed by atoms with E-state index in [4.69, 9.17) is 5.73 Å². The summed E-state index contributed by atoms with van der Waals surface area (Å²) >= 11 is 0. The zero-order valence-corrected chi connectivity index (χ0v) is 9.83. The second-order valence-electron chi connectivity index (χ2n) is 4.72. The van der Waals surface area contributed by atoms with Crippen LogP contribution in [0.3, 0.4) is 0 Å². The Bertz CT molecular complexity index is 350. The SMILES string of the molecule is Cc1ccc(C2C(N)CCN2C)cc1C. The standard InChI is InChI=1S/C13H20N2/c1-9-4-5-11(8-10(9)2)13-12(14)6-7-15(13)3/h4-5,8,12-13H,6-7,14H2,1-3H3. The van der Waals surface area contributed by atoms with Gasteiger partial charge in [0.25, 0.3) is 0 Å². The Labute approximate surface area is 92.1 Å². The average molecular weight is 204 g/mol. The average Bonchev–Trinajstić information content (AvgIpc) is 2.52. The van der Waals surface area contributed by atoms with Crippen molar-refractivity contribution in [2.24, 2.45) is 5.73 Å². The van der Waals surface area contributed by atoms with E-state index in [2.05, 4.69) is 44.0 Å². The van der Waals surface area contributed by atoms with Crippen LogP contribution in [0.5, 0.6) is 0 Å². The van der Waals surface area contributed by atoms with E-state index >= 15 is 0 Å². The second kappa shape index (κ2) is 3.95. The van der Waals surface area contributed by atoms with E-state index in [0.29, 0.717) is 6.04 Å². The van der Waals surface area contributed by atoms with E-state index < -0.39 is 0 Å². The van der Waals surface area contributed by atoms with Gasteiger partial charge in [0.1, 0.15) is 0 Å². The summed E-state index contributed by atoms with van der Waals surface area (Å²) in [7, 11) is 2.16. The number of aryl methyl sites for hydroxylation is 2. The second-order valence-corrected chi connectivity index (χ2v) is 4.72. The minimum Gasteiger partial charge on any atom is -0.326 e. The van der Waals surface area contributed by atoms with E-state index in [1.165, 1.54) is 16.7 Å². The molecule has 82 valence electrons. The molecule has 0 bridgehead atoms. The Kier molecular flexibility index (Phi) is 2.81. The molecule has 15 heavy (non-hydrogen) atoms. The van der Waals surface area contributed by atoms with E-state index in [1.807, 2.05) is 0 Å². The Hall–Kier alpha value is -0.860. The molecule has 2 atom stereocenters. The number of likely N-dealkylation sites (tertiary alicyclic amines) is 1. The lowest BCUT2D eigenvalue weighted by atomic mass is 9.97. The van der Waals surface area contributed by atoms with E-state index in [0.717, 1.165) is 13.0 Å². The fraction of sp³-hybridized carbons (Fsp3) is 0.538. The van der Waals surface area contributed by atoms with Crippen molar-refractivity contribution in [1.29, 1.82) is 0 Å². The zero-order valence-electron chi connectivity index (χ0n) is 9.83. The van der Waals surface area contributed by atoms with Crippen LogP contribution in [0.25, 0.3) is 0 Å². The van der Waals surface area contributed by atoms with Crippen molar-refractivity contribution in [3.63, 3.8) is 0 Å². The summed E-state index contributed by atoms with van der Waals surface area (Å²) in [5, 5.41) is 0. The molecule has 1 heterocycles. The summed E-state index contributed by atoms with van der Waals surface area (Å²) in [6, 6.07) is 7.39. The van der Waals surface area contributed by atoms with Crippen LogP contribution in [0.2, 0.25) is 0 Å². The number of likely N-dealkylation sites (N-methyl/N-ethyl adjacent to an activating group) is 1. The molecule has 2 unspecified atom stereocenters. The van der Waals surface area contributed by atoms with Gasteiger partial charge in [-0.3, -0.25) is 4.90 Å². The van der Waals surface area contributed by atoms with Gasteiger partial charge in [-0.1, -0.05) is 18.2 Å². The topological polar surface area (TPSA) is 29.3 Å². The summed E-state index contributed by atoms with van der Waals surface area (Å²) < 4.78 is 0. The lowest BCUT2D eigenvalue weighted by Crippen LogP contribution is -2.29. The van der Waals surface area contributed by atoms with Gasteiger partial charge in [0.05, 0.1) is 0 Å². The maximum absolute atomic E-state index is 6.15. The van der Waals surface area contributed by atoms with Crippen LogP contribution in [-0.2, 0) is 0 Å². The molecule has 2 heteroatoms. The van der Waals surface area contributed by atoms with Crippen molar-refractivity contribution < 1.29 is 0 Å². The summed E-state index contributed by atoms with van der Waals surface area (Å²) in [4.78, 5) is 2.36. The Morgan fingerprint density at radius 2 is 2.00 bits per heavy atom. The molecule has 1 aliphatic rings. The molecule has 0 radical (unpaired) electrons. The minimum absolute atomic E-state index is 0.289. The number of hydrogen-bond donors (Lipinski definition) is 1. The summed E-state index contributed by atoms with van der Waals surface area (Å²) in [5.74, 6) is 0. The van der Waals surface area contributed by atoms with E-state index in [-0.39, 0.29) is 6.04 Å². The monoisotopic (exact) mass is 204 g/mol. The Balaban J connectivity index is 2.32. The number of hydrogen-bond acceptors (Lipinski definition) is 2. The van der Waals surface area contributed by atoms with Crippen LogP contribution in [-0.4, -0.2) is 24.5 Å². The first kappa shape index (κ1) is 10.7. The van der Waals surface area contributed by atoms with Gasteiger partial charge in [0, 0.05) is 18.6 Å². The van der Waals surface area contributed by atoms with Crippen LogP contribution in [0, 0.1) is 13.8 Å². The maximum Gasteiger partial charge on any atom is 0.0496 e. The van der Waals surface area contributed by atoms with Crippen LogP contribution in [0.1, 0.15) is 29.2 Å². The van der Waals surface area contributed by atoms with E-state index in [1.54, 1.807) is 0 Å². The predicted molar refractivity (Wildman–Crippen MR) is 63.9 cm³/mol.